The molecule has 3 aliphatic rings. The molecule has 4 heteroatoms. The summed E-state index contributed by atoms with van der Waals surface area (Å²) in [6.07, 6.45) is 5.62. The summed E-state index contributed by atoms with van der Waals surface area (Å²) >= 11 is 0. The van der Waals surface area contributed by atoms with E-state index in [0.717, 1.165) is 12.8 Å². The van der Waals surface area contributed by atoms with Gasteiger partial charge in [0.05, 0.1) is 18.2 Å². The SMILES string of the molecule is N#CC1=C=N[C@@H]2CCC[C@@H]3/C(=C/CC1(C#N)C#N)[C@@H]32. The maximum atomic E-state index is 9.30. The maximum Gasteiger partial charge on any atom is 0.190 e. The fourth-order valence-corrected chi connectivity index (χ4v) is 3.32. The van der Waals surface area contributed by atoms with Crippen LogP contribution in [0.25, 0.3) is 0 Å². The zero-order chi connectivity index (χ0) is 13.5. The molecule has 0 bridgehead atoms. The van der Waals surface area contributed by atoms with Gasteiger partial charge < -0.3 is 0 Å². The molecule has 0 unspecified atom stereocenters. The lowest BCUT2D eigenvalue weighted by Crippen LogP contribution is -2.19. The van der Waals surface area contributed by atoms with Crippen LogP contribution >= 0.6 is 0 Å². The fraction of sp³-hybridized carbons (Fsp3) is 0.533. The van der Waals surface area contributed by atoms with Crippen LogP contribution in [0.1, 0.15) is 25.7 Å². The van der Waals surface area contributed by atoms with Crippen molar-refractivity contribution in [3.05, 3.63) is 17.2 Å². The third-order valence-corrected chi connectivity index (χ3v) is 4.47. The van der Waals surface area contributed by atoms with Crippen LogP contribution in [-0.4, -0.2) is 11.9 Å². The molecule has 1 aliphatic heterocycles. The average Bonchev–Trinajstić information content (AvgIpc) is 3.15. The maximum absolute atomic E-state index is 9.30. The number of hydrogen-bond acceptors (Lipinski definition) is 4. The van der Waals surface area contributed by atoms with Crippen molar-refractivity contribution in [3.63, 3.8) is 0 Å². The third-order valence-electron chi connectivity index (χ3n) is 4.47. The Kier molecular flexibility index (Phi) is 2.53. The first-order chi connectivity index (χ1) is 9.25. The predicted molar refractivity (Wildman–Crippen MR) is 67.5 cm³/mol. The summed E-state index contributed by atoms with van der Waals surface area (Å²) in [7, 11) is 0. The lowest BCUT2D eigenvalue weighted by molar-refractivity contribution is 0.422. The number of nitriles is 3. The van der Waals surface area contributed by atoms with Crippen LogP contribution in [0.15, 0.2) is 22.2 Å². The van der Waals surface area contributed by atoms with Crippen molar-refractivity contribution >= 4 is 5.87 Å². The van der Waals surface area contributed by atoms with Gasteiger partial charge in [-0.2, -0.15) is 15.8 Å². The molecular weight excluding hydrogens is 236 g/mol. The fourth-order valence-electron chi connectivity index (χ4n) is 3.32. The van der Waals surface area contributed by atoms with Gasteiger partial charge in [-0.25, -0.2) is 4.99 Å². The molecule has 2 saturated carbocycles. The van der Waals surface area contributed by atoms with Crippen molar-refractivity contribution in [1.29, 1.82) is 15.8 Å². The van der Waals surface area contributed by atoms with Crippen molar-refractivity contribution in [1.82, 2.24) is 0 Å². The smallest absolute Gasteiger partial charge is 0.190 e. The van der Waals surface area contributed by atoms with Crippen molar-refractivity contribution in [3.8, 4) is 18.2 Å². The molecule has 3 rings (SSSR count). The van der Waals surface area contributed by atoms with Gasteiger partial charge in [0.2, 0.25) is 0 Å². The van der Waals surface area contributed by atoms with E-state index in [-0.39, 0.29) is 18.0 Å². The first kappa shape index (κ1) is 11.7. The molecule has 0 N–H and O–H groups in total. The third kappa shape index (κ3) is 1.61. The molecule has 0 spiro atoms. The highest BCUT2D eigenvalue weighted by atomic mass is 14.8. The molecule has 1 heterocycles. The predicted octanol–water partition coefficient (Wildman–Crippen LogP) is 2.27. The molecule has 2 aliphatic carbocycles. The topological polar surface area (TPSA) is 83.7 Å². The first-order valence-corrected chi connectivity index (χ1v) is 6.51. The summed E-state index contributed by atoms with van der Waals surface area (Å²) < 4.78 is 0. The Balaban J connectivity index is 2.12. The van der Waals surface area contributed by atoms with Crippen LogP contribution in [0.2, 0.25) is 0 Å². The number of nitrogens with zero attached hydrogens (tertiary/aromatic N) is 4. The van der Waals surface area contributed by atoms with E-state index < -0.39 is 5.41 Å². The minimum Gasteiger partial charge on any atom is -0.238 e. The van der Waals surface area contributed by atoms with Crippen LogP contribution in [0.3, 0.4) is 0 Å². The van der Waals surface area contributed by atoms with E-state index in [9.17, 15) is 10.5 Å². The molecule has 0 aromatic rings. The second-order valence-corrected chi connectivity index (χ2v) is 5.40. The molecule has 4 nitrogen and oxygen atoms in total. The quantitative estimate of drug-likeness (QED) is 0.616. The van der Waals surface area contributed by atoms with E-state index in [1.807, 2.05) is 24.3 Å². The van der Waals surface area contributed by atoms with Gasteiger partial charge in [-0.05, 0) is 24.6 Å². The van der Waals surface area contributed by atoms with Crippen molar-refractivity contribution in [2.75, 3.05) is 0 Å². The van der Waals surface area contributed by atoms with Crippen LogP contribution in [0.4, 0.5) is 0 Å². The summed E-state index contributed by atoms with van der Waals surface area (Å²) in [5, 5.41) is 27.8. The number of fused-ring (bicyclic) bond motifs is 1. The summed E-state index contributed by atoms with van der Waals surface area (Å²) in [5.74, 6) is 3.77. The summed E-state index contributed by atoms with van der Waals surface area (Å²) in [5.41, 5.74) is -0.0308. The van der Waals surface area contributed by atoms with Crippen LogP contribution in [0.5, 0.6) is 0 Å². The zero-order valence-electron chi connectivity index (χ0n) is 10.4. The molecule has 2 fully saturated rings. The monoisotopic (exact) mass is 248 g/mol. The van der Waals surface area contributed by atoms with E-state index >= 15 is 0 Å². The van der Waals surface area contributed by atoms with Gasteiger partial charge in [-0.15, -0.1) is 0 Å². The Morgan fingerprint density at radius 1 is 1.26 bits per heavy atom. The van der Waals surface area contributed by atoms with Gasteiger partial charge in [0, 0.05) is 12.3 Å². The molecule has 19 heavy (non-hydrogen) atoms. The van der Waals surface area contributed by atoms with E-state index in [2.05, 4.69) is 10.9 Å². The Bertz CT molecular complexity index is 629. The lowest BCUT2D eigenvalue weighted by atomic mass is 9.81. The minimum atomic E-state index is -1.42. The number of rotatable bonds is 0. The van der Waals surface area contributed by atoms with Gasteiger partial charge in [0.15, 0.2) is 5.41 Å². The van der Waals surface area contributed by atoms with E-state index in [1.165, 1.54) is 12.0 Å². The normalized spacial score (nSPS) is 36.6. The summed E-state index contributed by atoms with van der Waals surface area (Å²) in [6.45, 7) is 0. The number of aliphatic imine (C=N–C) groups is 1. The minimum absolute atomic E-state index is 0.0535. The number of allylic oxidation sites excluding steroid dienone is 2. The van der Waals surface area contributed by atoms with Crippen LogP contribution < -0.4 is 0 Å². The highest BCUT2D eigenvalue weighted by molar-refractivity contribution is 5.70. The van der Waals surface area contributed by atoms with Gasteiger partial charge >= 0.3 is 0 Å². The Morgan fingerprint density at radius 3 is 2.74 bits per heavy atom. The molecule has 0 radical (unpaired) electrons. The first-order valence-electron chi connectivity index (χ1n) is 6.51. The highest BCUT2D eigenvalue weighted by Gasteiger charge is 2.51. The second-order valence-electron chi connectivity index (χ2n) is 5.40. The highest BCUT2D eigenvalue weighted by Crippen LogP contribution is 2.56. The molecule has 0 amide bonds. The van der Waals surface area contributed by atoms with Gasteiger partial charge in [0.1, 0.15) is 11.6 Å². The van der Waals surface area contributed by atoms with E-state index in [4.69, 9.17) is 5.26 Å². The Hall–Kier alpha value is -2.34. The molecule has 0 aromatic heterocycles. The molecule has 3 atom stereocenters. The molecular formula is C15H12N4. The van der Waals surface area contributed by atoms with Crippen molar-refractivity contribution in [2.24, 2.45) is 22.2 Å². The number of hydrogen-bond donors (Lipinski definition) is 0. The van der Waals surface area contributed by atoms with Crippen LogP contribution in [0, 0.1) is 51.2 Å². The molecule has 0 saturated heterocycles. The standard InChI is InChI=1S/C15H12N4/c16-6-10-7-19-13-3-1-2-11-12(14(11)13)4-5-15(10,8-17)9-18/h4,11,13-14H,1-3,5H2/b12-4-/t11-,13-,14-/m1/s1. The van der Waals surface area contributed by atoms with Gasteiger partial charge in [-0.1, -0.05) is 18.1 Å². The lowest BCUT2D eigenvalue weighted by Gasteiger charge is -2.15. The van der Waals surface area contributed by atoms with Gasteiger partial charge in [0.25, 0.3) is 0 Å². The summed E-state index contributed by atoms with van der Waals surface area (Å²) in [4.78, 5) is 4.38. The van der Waals surface area contributed by atoms with E-state index in [1.54, 1.807) is 0 Å². The average molecular weight is 248 g/mol. The largest absolute Gasteiger partial charge is 0.238 e. The van der Waals surface area contributed by atoms with Gasteiger partial charge in [-0.3, -0.25) is 0 Å². The Morgan fingerprint density at radius 2 is 2.05 bits per heavy atom. The van der Waals surface area contributed by atoms with Crippen molar-refractivity contribution in [2.45, 2.75) is 31.7 Å². The molecule has 0 aromatic carbocycles. The van der Waals surface area contributed by atoms with Crippen molar-refractivity contribution < 1.29 is 0 Å². The Labute approximate surface area is 112 Å². The molecule has 92 valence electrons. The van der Waals surface area contributed by atoms with E-state index in [0.29, 0.717) is 11.8 Å². The van der Waals surface area contributed by atoms with Crippen LogP contribution in [-0.2, 0) is 0 Å². The zero-order valence-corrected chi connectivity index (χ0v) is 10.4. The second kappa shape index (κ2) is 4.10. The summed E-state index contributed by atoms with van der Waals surface area (Å²) in [6, 6.07) is 6.08.